The van der Waals surface area contributed by atoms with Crippen LogP contribution in [0.5, 0.6) is 0 Å². The van der Waals surface area contributed by atoms with E-state index in [0.717, 1.165) is 6.08 Å². The zero-order valence-corrected chi connectivity index (χ0v) is 9.96. The first-order valence-electron chi connectivity index (χ1n) is 4.92. The van der Waals surface area contributed by atoms with Gasteiger partial charge < -0.3 is 10.1 Å². The first-order valence-corrected chi connectivity index (χ1v) is 4.92. The van der Waals surface area contributed by atoms with Crippen LogP contribution in [-0.4, -0.2) is 23.5 Å². The monoisotopic (exact) mass is 213 g/mol. The normalized spacial score (nSPS) is 11.9. The number of esters is 1. The van der Waals surface area contributed by atoms with Crippen LogP contribution >= 0.6 is 0 Å². The quantitative estimate of drug-likeness (QED) is 0.569. The first-order chi connectivity index (χ1) is 6.70. The van der Waals surface area contributed by atoms with Gasteiger partial charge in [-0.2, -0.15) is 0 Å². The molecule has 0 atom stereocenters. The molecular weight excluding hydrogens is 194 g/mol. The molecule has 0 aromatic carbocycles. The highest BCUT2D eigenvalue weighted by molar-refractivity contribution is 5.94. The summed E-state index contributed by atoms with van der Waals surface area (Å²) in [7, 11) is 0. The molecule has 1 N–H and O–H groups in total. The first kappa shape index (κ1) is 13.7. The molecule has 0 spiro atoms. The van der Waals surface area contributed by atoms with Crippen molar-refractivity contribution in [1.82, 2.24) is 5.32 Å². The lowest BCUT2D eigenvalue weighted by atomic mass is 10.2. The molecule has 0 radical (unpaired) electrons. The number of hydrogen-bond acceptors (Lipinski definition) is 3. The molecule has 0 saturated heterocycles. The average Bonchev–Trinajstić information content (AvgIpc) is 1.96. The van der Waals surface area contributed by atoms with Gasteiger partial charge in [0.2, 0.25) is 5.91 Å². The summed E-state index contributed by atoms with van der Waals surface area (Å²) in [5.74, 6) is -0.808. The van der Waals surface area contributed by atoms with E-state index in [0.29, 0.717) is 0 Å². The highest BCUT2D eigenvalue weighted by Gasteiger charge is 2.14. The van der Waals surface area contributed by atoms with E-state index in [-0.39, 0.29) is 11.9 Å². The minimum Gasteiger partial charge on any atom is -0.457 e. The maximum absolute atomic E-state index is 11.2. The summed E-state index contributed by atoms with van der Waals surface area (Å²) in [4.78, 5) is 22.3. The predicted octanol–water partition coefficient (Wildman–Crippen LogP) is 1.41. The Labute approximate surface area is 90.7 Å². The number of rotatable bonds is 3. The van der Waals surface area contributed by atoms with E-state index in [1.54, 1.807) is 20.8 Å². The molecule has 0 aromatic heterocycles. The Balaban J connectivity index is 4.07. The van der Waals surface area contributed by atoms with Crippen molar-refractivity contribution in [3.8, 4) is 0 Å². The van der Waals surface area contributed by atoms with Gasteiger partial charge in [0, 0.05) is 18.2 Å². The minimum absolute atomic E-state index is 0.0563. The van der Waals surface area contributed by atoms with Crippen LogP contribution in [0.2, 0.25) is 0 Å². The lowest BCUT2D eigenvalue weighted by molar-refractivity contribution is -0.148. The standard InChI is InChI=1S/C11H19NO3/c1-8(2)12-9(13)6-7-10(14)15-11(3,4)5/h6-8H,1-5H3,(H,12,13)/b7-6-. The second kappa shape index (κ2) is 5.53. The van der Waals surface area contributed by atoms with E-state index in [4.69, 9.17) is 4.74 Å². The second-order valence-electron chi connectivity index (χ2n) is 4.53. The number of ether oxygens (including phenoxy) is 1. The minimum atomic E-state index is -0.532. The van der Waals surface area contributed by atoms with Gasteiger partial charge in [-0.15, -0.1) is 0 Å². The van der Waals surface area contributed by atoms with Crippen LogP contribution in [0.3, 0.4) is 0 Å². The van der Waals surface area contributed by atoms with Crippen LogP contribution in [-0.2, 0) is 14.3 Å². The van der Waals surface area contributed by atoms with Crippen molar-refractivity contribution in [2.24, 2.45) is 0 Å². The second-order valence-corrected chi connectivity index (χ2v) is 4.53. The molecule has 4 nitrogen and oxygen atoms in total. The molecular formula is C11H19NO3. The van der Waals surface area contributed by atoms with Crippen molar-refractivity contribution in [1.29, 1.82) is 0 Å². The molecule has 86 valence electrons. The molecule has 0 fully saturated rings. The number of carbonyl (C=O) groups is 2. The SMILES string of the molecule is CC(C)NC(=O)/C=C\C(=O)OC(C)(C)C. The Kier molecular flexibility index (Phi) is 5.05. The molecule has 4 heteroatoms. The van der Waals surface area contributed by atoms with E-state index in [1.807, 2.05) is 13.8 Å². The fourth-order valence-corrected chi connectivity index (χ4v) is 0.812. The highest BCUT2D eigenvalue weighted by atomic mass is 16.6. The van der Waals surface area contributed by atoms with E-state index in [9.17, 15) is 9.59 Å². The fourth-order valence-electron chi connectivity index (χ4n) is 0.812. The maximum atomic E-state index is 11.2. The van der Waals surface area contributed by atoms with Gasteiger partial charge in [0.25, 0.3) is 0 Å². The lowest BCUT2D eigenvalue weighted by Gasteiger charge is -2.17. The zero-order valence-electron chi connectivity index (χ0n) is 9.96. The van der Waals surface area contributed by atoms with Crippen molar-refractivity contribution < 1.29 is 14.3 Å². The topological polar surface area (TPSA) is 55.4 Å². The fraction of sp³-hybridized carbons (Fsp3) is 0.636. The van der Waals surface area contributed by atoms with Gasteiger partial charge in [-0.3, -0.25) is 4.79 Å². The third-order valence-corrected chi connectivity index (χ3v) is 1.21. The van der Waals surface area contributed by atoms with Crippen molar-refractivity contribution >= 4 is 11.9 Å². The highest BCUT2D eigenvalue weighted by Crippen LogP contribution is 2.06. The molecule has 0 aliphatic rings. The summed E-state index contributed by atoms with van der Waals surface area (Å²) in [6.07, 6.45) is 2.30. The Bertz CT molecular complexity index is 261. The van der Waals surface area contributed by atoms with Crippen LogP contribution in [0.15, 0.2) is 12.2 Å². The Morgan fingerprint density at radius 1 is 1.20 bits per heavy atom. The molecule has 0 aliphatic carbocycles. The molecule has 0 unspecified atom stereocenters. The summed E-state index contributed by atoms with van der Waals surface area (Å²) < 4.78 is 4.99. The Hall–Kier alpha value is -1.32. The van der Waals surface area contributed by atoms with Crippen LogP contribution < -0.4 is 5.32 Å². The number of carbonyl (C=O) groups excluding carboxylic acids is 2. The Morgan fingerprint density at radius 2 is 1.73 bits per heavy atom. The van der Waals surface area contributed by atoms with Crippen molar-refractivity contribution in [3.63, 3.8) is 0 Å². The number of hydrogen-bond donors (Lipinski definition) is 1. The summed E-state index contributed by atoms with van der Waals surface area (Å²) in [6.45, 7) is 9.01. The molecule has 0 rings (SSSR count). The summed E-state index contributed by atoms with van der Waals surface area (Å²) in [5, 5.41) is 2.63. The third-order valence-electron chi connectivity index (χ3n) is 1.21. The summed E-state index contributed by atoms with van der Waals surface area (Å²) >= 11 is 0. The number of nitrogens with one attached hydrogen (secondary N) is 1. The van der Waals surface area contributed by atoms with Gasteiger partial charge in [-0.25, -0.2) is 4.79 Å². The van der Waals surface area contributed by atoms with Gasteiger partial charge in [0.15, 0.2) is 0 Å². The van der Waals surface area contributed by atoms with Crippen LogP contribution in [0.4, 0.5) is 0 Å². The molecule has 15 heavy (non-hydrogen) atoms. The molecule has 0 aromatic rings. The molecule has 0 saturated carbocycles. The summed E-state index contributed by atoms with van der Waals surface area (Å²) in [5.41, 5.74) is -0.532. The molecule has 0 bridgehead atoms. The molecule has 1 amide bonds. The lowest BCUT2D eigenvalue weighted by Crippen LogP contribution is -2.28. The molecule has 0 heterocycles. The van der Waals surface area contributed by atoms with Crippen LogP contribution in [0.25, 0.3) is 0 Å². The zero-order chi connectivity index (χ0) is 12.1. The van der Waals surface area contributed by atoms with E-state index in [1.165, 1.54) is 6.08 Å². The van der Waals surface area contributed by atoms with Crippen LogP contribution in [0.1, 0.15) is 34.6 Å². The van der Waals surface area contributed by atoms with Crippen molar-refractivity contribution in [3.05, 3.63) is 12.2 Å². The van der Waals surface area contributed by atoms with Crippen molar-refractivity contribution in [2.75, 3.05) is 0 Å². The van der Waals surface area contributed by atoms with Gasteiger partial charge in [0.1, 0.15) is 5.60 Å². The van der Waals surface area contributed by atoms with Gasteiger partial charge in [-0.1, -0.05) is 0 Å². The van der Waals surface area contributed by atoms with Crippen molar-refractivity contribution in [2.45, 2.75) is 46.3 Å². The van der Waals surface area contributed by atoms with Gasteiger partial charge in [0.05, 0.1) is 0 Å². The van der Waals surface area contributed by atoms with E-state index < -0.39 is 11.6 Å². The number of amides is 1. The van der Waals surface area contributed by atoms with E-state index >= 15 is 0 Å². The molecule has 0 aliphatic heterocycles. The van der Waals surface area contributed by atoms with Gasteiger partial charge in [-0.05, 0) is 34.6 Å². The third kappa shape index (κ3) is 9.00. The van der Waals surface area contributed by atoms with E-state index in [2.05, 4.69) is 5.32 Å². The maximum Gasteiger partial charge on any atom is 0.331 e. The average molecular weight is 213 g/mol. The van der Waals surface area contributed by atoms with Gasteiger partial charge >= 0.3 is 5.97 Å². The summed E-state index contributed by atoms with van der Waals surface area (Å²) in [6, 6.07) is 0.0563. The Morgan fingerprint density at radius 3 is 2.13 bits per heavy atom. The van der Waals surface area contributed by atoms with Crippen LogP contribution in [0, 0.1) is 0 Å². The predicted molar refractivity (Wildman–Crippen MR) is 58.3 cm³/mol. The largest absolute Gasteiger partial charge is 0.457 e. The smallest absolute Gasteiger partial charge is 0.331 e.